The molecular weight excluding hydrogens is 733 g/mol. The van der Waals surface area contributed by atoms with Crippen molar-refractivity contribution in [2.45, 2.75) is 57.5 Å². The van der Waals surface area contributed by atoms with Gasteiger partial charge in [-0.3, -0.25) is 4.79 Å². The summed E-state index contributed by atoms with van der Waals surface area (Å²) in [6.07, 6.45) is -0.271. The van der Waals surface area contributed by atoms with Crippen LogP contribution in [0.15, 0.2) is 182 Å². The van der Waals surface area contributed by atoms with Crippen molar-refractivity contribution in [2.75, 3.05) is 6.61 Å². The highest BCUT2D eigenvalue weighted by atomic mass is 16.6. The summed E-state index contributed by atoms with van der Waals surface area (Å²) < 4.78 is 18.6. The molecule has 7 aromatic rings. The molecule has 298 valence electrons. The van der Waals surface area contributed by atoms with Gasteiger partial charge in [-0.2, -0.15) is 0 Å². The molecular formula is C53H50O6. The van der Waals surface area contributed by atoms with E-state index in [2.05, 4.69) is 18.2 Å². The van der Waals surface area contributed by atoms with Crippen LogP contribution in [-0.2, 0) is 37.6 Å². The highest BCUT2D eigenvalue weighted by molar-refractivity contribution is 5.97. The first-order valence-electron chi connectivity index (χ1n) is 20.1. The Bertz CT molecular complexity index is 2360. The topological polar surface area (TPSA) is 82.1 Å². The normalized spacial score (nSPS) is 12.7. The molecule has 6 nitrogen and oxygen atoms in total. The van der Waals surface area contributed by atoms with E-state index in [0.717, 1.165) is 49.7 Å². The summed E-state index contributed by atoms with van der Waals surface area (Å²) in [7, 11) is 0. The predicted octanol–water partition coefficient (Wildman–Crippen LogP) is 11.1. The molecule has 0 spiro atoms. The fourth-order valence-corrected chi connectivity index (χ4v) is 7.47. The van der Waals surface area contributed by atoms with Gasteiger partial charge in [0.2, 0.25) is 0 Å². The van der Waals surface area contributed by atoms with Gasteiger partial charge < -0.3 is 19.3 Å². The van der Waals surface area contributed by atoms with Crippen molar-refractivity contribution >= 4 is 22.7 Å². The van der Waals surface area contributed by atoms with Gasteiger partial charge in [0, 0.05) is 0 Å². The summed E-state index contributed by atoms with van der Waals surface area (Å²) in [4.78, 5) is 26.9. The van der Waals surface area contributed by atoms with E-state index in [1.807, 2.05) is 178 Å². The van der Waals surface area contributed by atoms with Crippen LogP contribution in [-0.4, -0.2) is 35.4 Å². The van der Waals surface area contributed by atoms with Crippen LogP contribution in [0.1, 0.15) is 65.4 Å². The molecule has 0 fully saturated rings. The van der Waals surface area contributed by atoms with Gasteiger partial charge >= 0.3 is 11.9 Å². The van der Waals surface area contributed by atoms with E-state index < -0.39 is 29.2 Å². The zero-order valence-electron chi connectivity index (χ0n) is 33.8. The van der Waals surface area contributed by atoms with Gasteiger partial charge in [0.25, 0.3) is 0 Å². The molecule has 1 N–H and O–H groups in total. The number of ether oxygens (including phenoxy) is 3. The summed E-state index contributed by atoms with van der Waals surface area (Å²) in [6.45, 7) is 5.55. The number of carbonyl (C=O) groups is 2. The number of aliphatic hydroxyl groups excluding tert-OH is 1. The number of hydrogen-bond acceptors (Lipinski definition) is 6. The van der Waals surface area contributed by atoms with Gasteiger partial charge in [-0.15, -0.1) is 0 Å². The molecule has 7 rings (SSSR count). The number of carbonyl (C=O) groups excluding carboxylic acids is 2. The Hall–Kier alpha value is -6.34. The van der Waals surface area contributed by atoms with Crippen molar-refractivity contribution in [3.63, 3.8) is 0 Å². The van der Waals surface area contributed by atoms with Crippen molar-refractivity contribution in [2.24, 2.45) is 5.92 Å². The van der Waals surface area contributed by atoms with Gasteiger partial charge in [-0.1, -0.05) is 164 Å². The fraction of sp³-hybridized carbons (Fsp3) is 0.208. The molecule has 0 amide bonds. The van der Waals surface area contributed by atoms with Crippen molar-refractivity contribution < 1.29 is 28.9 Å². The molecule has 0 saturated heterocycles. The first-order chi connectivity index (χ1) is 28.6. The van der Waals surface area contributed by atoms with Crippen molar-refractivity contribution in [3.05, 3.63) is 215 Å². The number of rotatable bonds is 15. The molecule has 0 aliphatic carbocycles. The standard InChI is InChI=1S/C53H50O6/c1-52(2,3)59-50(55)43-31-29-40-28-30-42(34-44(40)35-43)41-20-16-19-38(33-41)27-32-49(54)48(51(56)57-36-39-17-8-4-9-18-39)37-58-53(45-21-10-5-11-22-45,46-23-12-6-13-24-46)47-25-14-7-15-26-47/h4-26,28-31,33-35,48-49,54H,27,32,36-37H2,1-3H3/t48-,49-/m1/s1. The second-order valence-corrected chi connectivity index (χ2v) is 15.9. The Morgan fingerprint density at radius 3 is 1.71 bits per heavy atom. The zero-order valence-corrected chi connectivity index (χ0v) is 33.8. The molecule has 0 aromatic heterocycles. The Labute approximate surface area is 347 Å². The Morgan fingerprint density at radius 2 is 1.12 bits per heavy atom. The fourth-order valence-electron chi connectivity index (χ4n) is 7.47. The monoisotopic (exact) mass is 782 g/mol. The maximum absolute atomic E-state index is 14.1. The number of benzene rings is 7. The lowest BCUT2D eigenvalue weighted by Gasteiger charge is -2.37. The minimum absolute atomic E-state index is 0.0805. The molecule has 6 heteroatoms. The summed E-state index contributed by atoms with van der Waals surface area (Å²) in [6, 6.07) is 59.5. The highest BCUT2D eigenvalue weighted by Crippen LogP contribution is 2.41. The van der Waals surface area contributed by atoms with E-state index >= 15 is 0 Å². The minimum atomic E-state index is -1.08. The van der Waals surface area contributed by atoms with Crippen LogP contribution in [0.4, 0.5) is 0 Å². The molecule has 0 saturated carbocycles. The third-order valence-electron chi connectivity index (χ3n) is 10.5. The number of aryl methyl sites for hydroxylation is 1. The van der Waals surface area contributed by atoms with E-state index in [-0.39, 0.29) is 19.2 Å². The van der Waals surface area contributed by atoms with E-state index in [1.165, 1.54) is 0 Å². The predicted molar refractivity (Wildman–Crippen MR) is 234 cm³/mol. The Balaban J connectivity index is 1.15. The van der Waals surface area contributed by atoms with Crippen LogP contribution in [0.3, 0.4) is 0 Å². The maximum atomic E-state index is 14.1. The van der Waals surface area contributed by atoms with Gasteiger partial charge in [0.1, 0.15) is 23.7 Å². The number of esters is 2. The number of hydrogen-bond donors (Lipinski definition) is 1. The smallest absolute Gasteiger partial charge is 0.338 e. The summed E-state index contributed by atoms with van der Waals surface area (Å²) in [5.41, 5.74) is 5.39. The van der Waals surface area contributed by atoms with Crippen molar-refractivity contribution in [1.29, 1.82) is 0 Å². The molecule has 0 heterocycles. The molecule has 7 aromatic carbocycles. The lowest BCUT2D eigenvalue weighted by molar-refractivity contribution is -0.159. The van der Waals surface area contributed by atoms with Gasteiger partial charge in [-0.05, 0) is 102 Å². The lowest BCUT2D eigenvalue weighted by atomic mass is 9.80. The zero-order chi connectivity index (χ0) is 41.2. The van der Waals surface area contributed by atoms with Crippen LogP contribution in [0.5, 0.6) is 0 Å². The summed E-state index contributed by atoms with van der Waals surface area (Å²) in [5, 5.41) is 13.9. The molecule has 0 bridgehead atoms. The largest absolute Gasteiger partial charge is 0.460 e. The van der Waals surface area contributed by atoms with Crippen LogP contribution < -0.4 is 0 Å². The van der Waals surface area contributed by atoms with Crippen LogP contribution in [0, 0.1) is 5.92 Å². The SMILES string of the molecule is CC(C)(C)OC(=O)c1ccc2ccc(-c3cccc(CC[C@@H](O)[C@@H](COC(c4ccccc4)(c4ccccc4)c4ccccc4)C(=O)OCc4ccccc4)c3)cc2c1. The Kier molecular flexibility index (Phi) is 12.8. The third kappa shape index (κ3) is 10.0. The number of fused-ring (bicyclic) bond motifs is 1. The van der Waals surface area contributed by atoms with Crippen molar-refractivity contribution in [3.8, 4) is 11.1 Å². The van der Waals surface area contributed by atoms with Crippen LogP contribution >= 0.6 is 0 Å². The van der Waals surface area contributed by atoms with Crippen LogP contribution in [0.2, 0.25) is 0 Å². The molecule has 0 unspecified atom stereocenters. The average Bonchev–Trinajstić information content (AvgIpc) is 3.27. The van der Waals surface area contributed by atoms with Crippen molar-refractivity contribution in [1.82, 2.24) is 0 Å². The first kappa shape index (κ1) is 40.8. The lowest BCUT2D eigenvalue weighted by Crippen LogP contribution is -2.40. The quantitative estimate of drug-likeness (QED) is 0.0824. The second kappa shape index (κ2) is 18.5. The molecule has 0 aliphatic heterocycles. The molecule has 0 aliphatic rings. The second-order valence-electron chi connectivity index (χ2n) is 15.9. The third-order valence-corrected chi connectivity index (χ3v) is 10.5. The molecule has 59 heavy (non-hydrogen) atoms. The number of aliphatic hydroxyl groups is 1. The van der Waals surface area contributed by atoms with E-state index in [9.17, 15) is 14.7 Å². The van der Waals surface area contributed by atoms with E-state index in [4.69, 9.17) is 14.2 Å². The molecule has 0 radical (unpaired) electrons. The van der Waals surface area contributed by atoms with Gasteiger partial charge in [0.15, 0.2) is 0 Å². The van der Waals surface area contributed by atoms with Gasteiger partial charge in [0.05, 0.1) is 18.3 Å². The first-order valence-corrected chi connectivity index (χ1v) is 20.1. The van der Waals surface area contributed by atoms with Gasteiger partial charge in [-0.25, -0.2) is 4.79 Å². The summed E-state index contributed by atoms with van der Waals surface area (Å²) in [5.74, 6) is -1.87. The highest BCUT2D eigenvalue weighted by Gasteiger charge is 2.40. The summed E-state index contributed by atoms with van der Waals surface area (Å²) >= 11 is 0. The minimum Gasteiger partial charge on any atom is -0.460 e. The molecule has 2 atom stereocenters. The maximum Gasteiger partial charge on any atom is 0.338 e. The Morgan fingerprint density at radius 1 is 0.576 bits per heavy atom. The van der Waals surface area contributed by atoms with E-state index in [0.29, 0.717) is 18.4 Å². The van der Waals surface area contributed by atoms with Crippen LogP contribution in [0.25, 0.3) is 21.9 Å². The van der Waals surface area contributed by atoms with E-state index in [1.54, 1.807) is 6.07 Å². The average molecular weight is 783 g/mol.